The minimum Gasteiger partial charge on any atom is -0.456 e. The molecule has 0 spiro atoms. The van der Waals surface area contributed by atoms with Crippen LogP contribution in [0.4, 0.5) is 17.1 Å². The molecule has 0 saturated carbocycles. The molecule has 0 bridgehead atoms. The van der Waals surface area contributed by atoms with Crippen molar-refractivity contribution in [1.29, 1.82) is 0 Å². The Morgan fingerprint density at radius 3 is 1.70 bits per heavy atom. The van der Waals surface area contributed by atoms with Crippen molar-refractivity contribution in [2.75, 3.05) is 4.90 Å². The SMILES string of the molecule is C[SiH](C)c1ccc(N(c2ccccc2)c2ccc3c(c2)Oc2ccc4c5c(ccc-3c25)Oc2ccccc2-4)cc1. The van der Waals surface area contributed by atoms with Crippen LogP contribution in [0.5, 0.6) is 23.0 Å². The Balaban J connectivity index is 1.28. The smallest absolute Gasteiger partial charge is 0.137 e. The predicted octanol–water partition coefficient (Wildman–Crippen LogP) is 9.55. The Labute approximate surface area is 235 Å². The Kier molecular flexibility index (Phi) is 5.12. The maximum atomic E-state index is 6.65. The highest BCUT2D eigenvalue weighted by atomic mass is 28.3. The first-order valence-corrected chi connectivity index (χ1v) is 16.7. The summed E-state index contributed by atoms with van der Waals surface area (Å²) in [7, 11) is -0.870. The zero-order valence-electron chi connectivity index (χ0n) is 22.4. The van der Waals surface area contributed by atoms with Crippen molar-refractivity contribution in [1.82, 2.24) is 0 Å². The third-order valence-corrected chi connectivity index (χ3v) is 9.77. The molecule has 2 aliphatic heterocycles. The van der Waals surface area contributed by atoms with Gasteiger partial charge in [-0.05, 0) is 77.9 Å². The minimum atomic E-state index is -0.870. The molecule has 6 aromatic carbocycles. The van der Waals surface area contributed by atoms with Crippen LogP contribution in [-0.2, 0) is 0 Å². The molecule has 3 nitrogen and oxygen atoms in total. The van der Waals surface area contributed by atoms with Gasteiger partial charge >= 0.3 is 0 Å². The van der Waals surface area contributed by atoms with Gasteiger partial charge in [-0.1, -0.05) is 66.8 Å². The first-order chi connectivity index (χ1) is 19.7. The summed E-state index contributed by atoms with van der Waals surface area (Å²) in [6, 6.07) is 42.9. The Bertz CT molecular complexity index is 1930. The van der Waals surface area contributed by atoms with Crippen LogP contribution in [0.1, 0.15) is 0 Å². The fraction of sp³-hybridized carbons (Fsp3) is 0.0556. The molecule has 40 heavy (non-hydrogen) atoms. The molecule has 0 unspecified atom stereocenters. The summed E-state index contributed by atoms with van der Waals surface area (Å²) >= 11 is 0. The Hall–Kier alpha value is -4.80. The summed E-state index contributed by atoms with van der Waals surface area (Å²) < 4.78 is 13.0. The van der Waals surface area contributed by atoms with E-state index in [9.17, 15) is 0 Å². The highest BCUT2D eigenvalue weighted by Gasteiger charge is 2.28. The summed E-state index contributed by atoms with van der Waals surface area (Å²) in [5.41, 5.74) is 7.87. The Morgan fingerprint density at radius 2 is 1.00 bits per heavy atom. The molecule has 0 atom stereocenters. The first-order valence-electron chi connectivity index (χ1n) is 13.8. The number of hydrogen-bond donors (Lipinski definition) is 0. The van der Waals surface area contributed by atoms with Crippen LogP contribution < -0.4 is 19.6 Å². The van der Waals surface area contributed by atoms with Crippen molar-refractivity contribution in [2.45, 2.75) is 13.1 Å². The number of rotatable bonds is 4. The molecule has 8 rings (SSSR count). The van der Waals surface area contributed by atoms with Crippen LogP contribution in [0, 0.1) is 0 Å². The van der Waals surface area contributed by atoms with Crippen LogP contribution in [0.3, 0.4) is 0 Å². The minimum absolute atomic E-state index is 0.859. The lowest BCUT2D eigenvalue weighted by Crippen LogP contribution is -2.22. The summed E-state index contributed by atoms with van der Waals surface area (Å²) in [5, 5.41) is 3.69. The van der Waals surface area contributed by atoms with Crippen molar-refractivity contribution in [2.24, 2.45) is 0 Å². The van der Waals surface area contributed by atoms with E-state index in [1.807, 2.05) is 12.1 Å². The number of fused-ring (bicyclic) bond motifs is 4. The van der Waals surface area contributed by atoms with Gasteiger partial charge in [-0.2, -0.15) is 0 Å². The lowest BCUT2D eigenvalue weighted by molar-refractivity contribution is 0.480. The number of benzene rings is 6. The third kappa shape index (κ3) is 3.50. The molecule has 0 saturated heterocycles. The molecule has 0 amide bonds. The summed E-state index contributed by atoms with van der Waals surface area (Å²) in [6.45, 7) is 4.73. The van der Waals surface area contributed by atoms with E-state index >= 15 is 0 Å². The predicted molar refractivity (Wildman–Crippen MR) is 168 cm³/mol. The van der Waals surface area contributed by atoms with E-state index in [-0.39, 0.29) is 0 Å². The molecule has 0 aliphatic carbocycles. The van der Waals surface area contributed by atoms with Crippen LogP contribution >= 0.6 is 0 Å². The number of nitrogens with zero attached hydrogens (tertiary/aromatic N) is 1. The van der Waals surface area contributed by atoms with Gasteiger partial charge in [0.2, 0.25) is 0 Å². The standard InChI is InChI=1S/C36H27NO2Si/c1-40(2)26-15-12-24(13-16-26)37(23-8-4-3-5-9-23)25-14-17-28-30-19-20-32-35-29(27-10-6-7-11-31(27)38-32)18-21-33(36(30)35)39-34(28)22-25/h3-22,40H,1-2H3. The molecule has 4 heteroatoms. The van der Waals surface area contributed by atoms with Gasteiger partial charge in [-0.3, -0.25) is 0 Å². The van der Waals surface area contributed by atoms with Crippen molar-refractivity contribution < 1.29 is 9.47 Å². The van der Waals surface area contributed by atoms with Crippen molar-refractivity contribution in [3.05, 3.63) is 121 Å². The first kappa shape index (κ1) is 23.1. The van der Waals surface area contributed by atoms with Crippen molar-refractivity contribution >= 4 is 41.8 Å². The Morgan fingerprint density at radius 1 is 0.450 bits per heavy atom. The maximum absolute atomic E-state index is 6.65. The van der Waals surface area contributed by atoms with Crippen LogP contribution in [0.2, 0.25) is 13.1 Å². The quantitative estimate of drug-likeness (QED) is 0.210. The summed E-state index contributed by atoms with van der Waals surface area (Å²) in [5.74, 6) is 3.49. The van der Waals surface area contributed by atoms with Crippen LogP contribution in [0.15, 0.2) is 121 Å². The highest BCUT2D eigenvalue weighted by Crippen LogP contribution is 2.55. The normalized spacial score (nSPS) is 12.4. The van der Waals surface area contributed by atoms with Gasteiger partial charge in [-0.25, -0.2) is 0 Å². The fourth-order valence-electron chi connectivity index (χ4n) is 6.06. The molecule has 0 fully saturated rings. The van der Waals surface area contributed by atoms with Gasteiger partial charge in [0.05, 0.1) is 8.80 Å². The lowest BCUT2D eigenvalue weighted by Gasteiger charge is -2.29. The molecule has 0 aromatic heterocycles. The zero-order valence-corrected chi connectivity index (χ0v) is 23.5. The average molecular weight is 534 g/mol. The van der Waals surface area contributed by atoms with E-state index in [0.717, 1.165) is 62.0 Å². The number of anilines is 3. The van der Waals surface area contributed by atoms with Gasteiger partial charge in [0.25, 0.3) is 0 Å². The largest absolute Gasteiger partial charge is 0.456 e. The highest BCUT2D eigenvalue weighted by molar-refractivity contribution is 6.70. The monoisotopic (exact) mass is 533 g/mol. The van der Waals surface area contributed by atoms with Gasteiger partial charge in [0.15, 0.2) is 0 Å². The van der Waals surface area contributed by atoms with Gasteiger partial charge in [-0.15, -0.1) is 0 Å². The number of para-hydroxylation sites is 2. The van der Waals surface area contributed by atoms with Gasteiger partial charge < -0.3 is 14.4 Å². The molecule has 2 heterocycles. The number of hydrogen-bond acceptors (Lipinski definition) is 3. The summed E-state index contributed by atoms with van der Waals surface area (Å²) in [6.07, 6.45) is 0. The van der Waals surface area contributed by atoms with Crippen LogP contribution in [0.25, 0.3) is 33.0 Å². The number of ether oxygens (including phenoxy) is 2. The molecular weight excluding hydrogens is 506 g/mol. The maximum Gasteiger partial charge on any atom is 0.137 e. The molecular formula is C36H27NO2Si. The fourth-order valence-corrected chi connectivity index (χ4v) is 7.02. The third-order valence-electron chi connectivity index (χ3n) is 8.05. The molecule has 0 N–H and O–H groups in total. The van der Waals surface area contributed by atoms with Crippen LogP contribution in [-0.4, -0.2) is 8.80 Å². The zero-order chi connectivity index (χ0) is 26.8. The second kappa shape index (κ2) is 8.87. The van der Waals surface area contributed by atoms with Gasteiger partial charge in [0, 0.05) is 45.0 Å². The second-order valence-corrected chi connectivity index (χ2v) is 13.7. The van der Waals surface area contributed by atoms with Gasteiger partial charge in [0.1, 0.15) is 23.0 Å². The molecule has 6 aromatic rings. The summed E-state index contributed by atoms with van der Waals surface area (Å²) in [4.78, 5) is 2.30. The second-order valence-electron chi connectivity index (χ2n) is 10.8. The molecule has 0 radical (unpaired) electrons. The van der Waals surface area contributed by atoms with E-state index in [1.54, 1.807) is 0 Å². The van der Waals surface area contributed by atoms with E-state index in [4.69, 9.17) is 9.47 Å². The van der Waals surface area contributed by atoms with E-state index in [1.165, 1.54) is 16.3 Å². The molecule has 2 aliphatic rings. The topological polar surface area (TPSA) is 21.7 Å². The van der Waals surface area contributed by atoms with Crippen molar-refractivity contribution in [3.63, 3.8) is 0 Å². The van der Waals surface area contributed by atoms with E-state index in [2.05, 4.69) is 127 Å². The molecule has 192 valence electrons. The van der Waals surface area contributed by atoms with E-state index in [0.29, 0.717) is 0 Å². The van der Waals surface area contributed by atoms with Crippen molar-refractivity contribution in [3.8, 4) is 45.3 Å². The lowest BCUT2D eigenvalue weighted by atomic mass is 9.88. The average Bonchev–Trinajstić information content (AvgIpc) is 3.00. The van der Waals surface area contributed by atoms with E-state index < -0.39 is 8.80 Å².